The number of nitrogens with zero attached hydrogens (tertiary/aromatic N) is 2. The van der Waals surface area contributed by atoms with Crippen molar-refractivity contribution >= 4 is 11.6 Å². The molecular weight excluding hydrogens is 264 g/mol. The van der Waals surface area contributed by atoms with Gasteiger partial charge in [0.25, 0.3) is 0 Å². The van der Waals surface area contributed by atoms with Gasteiger partial charge in [0.15, 0.2) is 0 Å². The highest BCUT2D eigenvalue weighted by atomic mass is 16.3. The maximum absolute atomic E-state index is 10.7. The van der Waals surface area contributed by atoms with Crippen molar-refractivity contribution in [2.75, 3.05) is 24.2 Å². The van der Waals surface area contributed by atoms with Gasteiger partial charge in [-0.2, -0.15) is 0 Å². The second-order valence-corrected chi connectivity index (χ2v) is 7.09. The summed E-state index contributed by atoms with van der Waals surface area (Å²) in [5.74, 6) is 2.37. The Morgan fingerprint density at radius 3 is 2.19 bits per heavy atom. The van der Waals surface area contributed by atoms with Crippen molar-refractivity contribution in [2.45, 2.75) is 59.0 Å². The van der Waals surface area contributed by atoms with Crippen molar-refractivity contribution in [3.63, 3.8) is 0 Å². The lowest BCUT2D eigenvalue weighted by atomic mass is 9.71. The smallest absolute Gasteiger partial charge is 0.134 e. The van der Waals surface area contributed by atoms with Gasteiger partial charge in [-0.15, -0.1) is 0 Å². The first-order valence-electron chi connectivity index (χ1n) is 7.74. The van der Waals surface area contributed by atoms with Gasteiger partial charge in [-0.05, 0) is 44.9 Å². The third-order valence-corrected chi connectivity index (χ3v) is 4.61. The Labute approximate surface area is 127 Å². The number of anilines is 2. The van der Waals surface area contributed by atoms with Crippen LogP contribution in [0.1, 0.15) is 50.9 Å². The van der Waals surface area contributed by atoms with Crippen LogP contribution in [0.4, 0.5) is 11.6 Å². The van der Waals surface area contributed by atoms with Crippen LogP contribution >= 0.6 is 0 Å². The zero-order valence-electron chi connectivity index (χ0n) is 13.9. The zero-order chi connectivity index (χ0) is 15.7. The second-order valence-electron chi connectivity index (χ2n) is 7.09. The third kappa shape index (κ3) is 3.84. The van der Waals surface area contributed by atoms with E-state index in [4.69, 9.17) is 0 Å². The summed E-state index contributed by atoms with van der Waals surface area (Å²) < 4.78 is 0. The topological polar surface area (TPSA) is 70.1 Å². The Balaban J connectivity index is 2.05. The molecule has 0 atom stereocenters. The van der Waals surface area contributed by atoms with Crippen LogP contribution in [0.2, 0.25) is 0 Å². The molecule has 5 heteroatoms. The minimum atomic E-state index is -0.624. The third-order valence-electron chi connectivity index (χ3n) is 4.61. The van der Waals surface area contributed by atoms with E-state index in [1.807, 2.05) is 20.9 Å². The van der Waals surface area contributed by atoms with Crippen molar-refractivity contribution < 1.29 is 5.11 Å². The summed E-state index contributed by atoms with van der Waals surface area (Å²) in [6.07, 6.45) is 3.81. The number of aryl methyl sites for hydroxylation is 1. The van der Waals surface area contributed by atoms with Crippen LogP contribution in [0.25, 0.3) is 0 Å². The fourth-order valence-electron chi connectivity index (χ4n) is 2.86. The lowest BCUT2D eigenvalue weighted by Crippen LogP contribution is -2.42. The summed E-state index contributed by atoms with van der Waals surface area (Å²) in [5.41, 5.74) is 0.718. The van der Waals surface area contributed by atoms with E-state index in [2.05, 4.69) is 34.4 Å². The molecule has 1 aromatic rings. The first-order valence-corrected chi connectivity index (χ1v) is 7.74. The van der Waals surface area contributed by atoms with Crippen LogP contribution in [0.3, 0.4) is 0 Å². The Kier molecular flexibility index (Phi) is 4.42. The average molecular weight is 292 g/mol. The van der Waals surface area contributed by atoms with Gasteiger partial charge in [-0.25, -0.2) is 9.97 Å². The van der Waals surface area contributed by atoms with E-state index in [0.29, 0.717) is 12.0 Å². The number of nitrogens with one attached hydrogen (secondary N) is 2. The van der Waals surface area contributed by atoms with Crippen LogP contribution in [-0.2, 0) is 0 Å². The molecule has 1 heterocycles. The predicted octanol–water partition coefficient (Wildman–Crippen LogP) is 2.88. The van der Waals surface area contributed by atoms with E-state index in [9.17, 15) is 5.11 Å². The monoisotopic (exact) mass is 292 g/mol. The number of aromatic nitrogens is 2. The van der Waals surface area contributed by atoms with E-state index in [0.717, 1.165) is 48.7 Å². The summed E-state index contributed by atoms with van der Waals surface area (Å²) in [4.78, 5) is 8.81. The molecule has 1 saturated carbocycles. The van der Waals surface area contributed by atoms with Crippen molar-refractivity contribution in [3.8, 4) is 0 Å². The molecule has 0 saturated heterocycles. The summed E-state index contributed by atoms with van der Waals surface area (Å²) in [6.45, 7) is 8.96. The molecule has 0 spiro atoms. The van der Waals surface area contributed by atoms with Crippen LogP contribution in [0, 0.1) is 19.3 Å². The molecule has 118 valence electrons. The molecule has 0 bridgehead atoms. The highest BCUT2D eigenvalue weighted by molar-refractivity contribution is 5.57. The highest BCUT2D eigenvalue weighted by Gasteiger charge is 2.36. The molecule has 2 rings (SSSR count). The number of hydrogen-bond acceptors (Lipinski definition) is 5. The normalized spacial score (nSPS) is 20.1. The Morgan fingerprint density at radius 2 is 1.62 bits per heavy atom. The molecule has 1 aromatic heterocycles. The molecular formula is C16H28N4O. The fourth-order valence-corrected chi connectivity index (χ4v) is 2.86. The summed E-state index contributed by atoms with van der Waals surface area (Å²) >= 11 is 0. The molecule has 0 unspecified atom stereocenters. The van der Waals surface area contributed by atoms with Crippen molar-refractivity contribution in [2.24, 2.45) is 5.41 Å². The van der Waals surface area contributed by atoms with Gasteiger partial charge in [0.1, 0.15) is 17.5 Å². The molecule has 21 heavy (non-hydrogen) atoms. The van der Waals surface area contributed by atoms with Gasteiger partial charge in [-0.3, -0.25) is 0 Å². The van der Waals surface area contributed by atoms with E-state index in [1.165, 1.54) is 0 Å². The Morgan fingerprint density at radius 1 is 1.05 bits per heavy atom. The number of aliphatic hydroxyl groups is 1. The first kappa shape index (κ1) is 16.0. The Bertz CT molecular complexity index is 503. The molecule has 1 fully saturated rings. The minimum Gasteiger partial charge on any atom is -0.388 e. The van der Waals surface area contributed by atoms with Crippen LogP contribution in [0.5, 0.6) is 0 Å². The first-order chi connectivity index (χ1) is 9.75. The maximum atomic E-state index is 10.7. The van der Waals surface area contributed by atoms with Crippen molar-refractivity contribution in [1.82, 2.24) is 9.97 Å². The van der Waals surface area contributed by atoms with Gasteiger partial charge >= 0.3 is 0 Å². The zero-order valence-corrected chi connectivity index (χ0v) is 13.9. The van der Waals surface area contributed by atoms with E-state index >= 15 is 0 Å². The van der Waals surface area contributed by atoms with Crippen LogP contribution in [-0.4, -0.2) is 34.3 Å². The average Bonchev–Trinajstić information content (AvgIpc) is 2.43. The molecule has 0 aliphatic heterocycles. The van der Waals surface area contributed by atoms with Gasteiger partial charge in [0, 0.05) is 19.2 Å². The molecule has 1 aliphatic carbocycles. The molecule has 3 N–H and O–H groups in total. The van der Waals surface area contributed by atoms with Crippen LogP contribution < -0.4 is 10.6 Å². The van der Waals surface area contributed by atoms with E-state index in [-0.39, 0.29) is 0 Å². The minimum absolute atomic E-state index is 0.354. The predicted molar refractivity (Wildman–Crippen MR) is 86.7 cm³/mol. The molecule has 0 amide bonds. The van der Waals surface area contributed by atoms with E-state index < -0.39 is 5.60 Å². The number of hydrogen-bond donors (Lipinski definition) is 3. The molecule has 0 radical (unpaired) electrons. The fraction of sp³-hybridized carbons (Fsp3) is 0.750. The molecule has 0 aromatic carbocycles. The standard InChI is InChI=1S/C16H28N4O/c1-11-13(17-5)19-12(2)20-14(11)18-10-16(21)8-6-15(3,4)7-9-16/h21H,6-10H2,1-5H3,(H2,17,18,19,20). The van der Waals surface area contributed by atoms with Gasteiger partial charge in [0.05, 0.1) is 5.60 Å². The quantitative estimate of drug-likeness (QED) is 0.796. The number of rotatable bonds is 4. The maximum Gasteiger partial charge on any atom is 0.134 e. The van der Waals surface area contributed by atoms with Crippen LogP contribution in [0.15, 0.2) is 0 Å². The van der Waals surface area contributed by atoms with Crippen molar-refractivity contribution in [3.05, 3.63) is 11.4 Å². The largest absolute Gasteiger partial charge is 0.388 e. The van der Waals surface area contributed by atoms with E-state index in [1.54, 1.807) is 0 Å². The van der Waals surface area contributed by atoms with Crippen molar-refractivity contribution in [1.29, 1.82) is 0 Å². The Hall–Kier alpha value is -1.36. The molecule has 5 nitrogen and oxygen atoms in total. The lowest BCUT2D eigenvalue weighted by molar-refractivity contribution is -0.0146. The SMILES string of the molecule is CNc1nc(C)nc(NCC2(O)CCC(C)(C)CC2)c1C. The highest BCUT2D eigenvalue weighted by Crippen LogP contribution is 2.40. The molecule has 1 aliphatic rings. The summed E-state index contributed by atoms with van der Waals surface area (Å²) in [6, 6.07) is 0. The van der Waals surface area contributed by atoms with Gasteiger partial charge in [-0.1, -0.05) is 13.8 Å². The second kappa shape index (κ2) is 5.79. The lowest BCUT2D eigenvalue weighted by Gasteiger charge is -2.40. The van der Waals surface area contributed by atoms with Gasteiger partial charge < -0.3 is 15.7 Å². The summed E-state index contributed by atoms with van der Waals surface area (Å²) in [7, 11) is 1.86. The van der Waals surface area contributed by atoms with Gasteiger partial charge in [0.2, 0.25) is 0 Å². The summed E-state index contributed by atoms with van der Waals surface area (Å²) in [5, 5.41) is 17.1.